The number of nitrogens with one attached hydrogen (secondary N) is 1. The van der Waals surface area contributed by atoms with Gasteiger partial charge in [-0.1, -0.05) is 29.8 Å². The second-order valence-corrected chi connectivity index (χ2v) is 4.67. The summed E-state index contributed by atoms with van der Waals surface area (Å²) in [5.41, 5.74) is 0.998. The van der Waals surface area contributed by atoms with Crippen LogP contribution >= 0.6 is 11.6 Å². The number of carbonyl (C=O) groups excluding carboxylic acids is 1. The van der Waals surface area contributed by atoms with Crippen LogP contribution in [0.1, 0.15) is 5.56 Å². The molecule has 0 atom stereocenters. The first kappa shape index (κ1) is 14.6. The van der Waals surface area contributed by atoms with Crippen LogP contribution in [0.25, 0.3) is 6.08 Å². The van der Waals surface area contributed by atoms with E-state index in [9.17, 15) is 9.90 Å². The minimum atomic E-state index is -0.539. The number of hydrogen-bond donors (Lipinski definition) is 2. The summed E-state index contributed by atoms with van der Waals surface area (Å²) in [6, 6.07) is 14.8. The normalized spacial score (nSPS) is 10.8. The fraction of sp³-hybridized carbons (Fsp3) is 0. The monoisotopic (exact) mass is 298 g/mol. The number of rotatable bonds is 3. The van der Waals surface area contributed by atoms with Gasteiger partial charge < -0.3 is 10.4 Å². The topological polar surface area (TPSA) is 73.1 Å². The molecular formula is C16H11ClN2O2. The minimum Gasteiger partial charge on any atom is -0.508 e. The van der Waals surface area contributed by atoms with E-state index < -0.39 is 5.91 Å². The summed E-state index contributed by atoms with van der Waals surface area (Å²) in [7, 11) is 0. The highest BCUT2D eigenvalue weighted by molar-refractivity contribution is 6.31. The minimum absolute atomic E-state index is 0.0660. The zero-order valence-electron chi connectivity index (χ0n) is 10.9. The van der Waals surface area contributed by atoms with Gasteiger partial charge in [0.05, 0.1) is 0 Å². The summed E-state index contributed by atoms with van der Waals surface area (Å²) in [6.45, 7) is 0. The fourth-order valence-corrected chi connectivity index (χ4v) is 1.88. The number of hydrogen-bond acceptors (Lipinski definition) is 3. The first-order valence-electron chi connectivity index (χ1n) is 6.06. The lowest BCUT2D eigenvalue weighted by atomic mass is 10.1. The molecule has 0 fully saturated rings. The Morgan fingerprint density at radius 1 is 1.24 bits per heavy atom. The Labute approximate surface area is 126 Å². The van der Waals surface area contributed by atoms with Gasteiger partial charge in [-0.25, -0.2) is 0 Å². The molecule has 2 aromatic carbocycles. The van der Waals surface area contributed by atoms with Crippen molar-refractivity contribution in [2.24, 2.45) is 0 Å². The standard InChI is InChI=1S/C16H11ClN2O2/c17-13-4-2-5-14(9-13)19-16(21)12(10-18)7-11-3-1-6-15(20)8-11/h1-9,20H,(H,19,21)/b12-7-. The molecule has 21 heavy (non-hydrogen) atoms. The largest absolute Gasteiger partial charge is 0.508 e. The van der Waals surface area contributed by atoms with Crippen LogP contribution in [-0.4, -0.2) is 11.0 Å². The lowest BCUT2D eigenvalue weighted by Crippen LogP contribution is -2.13. The third-order valence-corrected chi connectivity index (χ3v) is 2.86. The molecule has 0 heterocycles. The van der Waals surface area contributed by atoms with Crippen molar-refractivity contribution < 1.29 is 9.90 Å². The third-order valence-electron chi connectivity index (χ3n) is 2.63. The Morgan fingerprint density at radius 2 is 2.00 bits per heavy atom. The molecule has 0 aliphatic carbocycles. The van der Waals surface area contributed by atoms with E-state index in [1.54, 1.807) is 36.4 Å². The molecule has 0 bridgehead atoms. The number of aromatic hydroxyl groups is 1. The molecule has 104 valence electrons. The summed E-state index contributed by atoms with van der Waals surface area (Å²) in [6.07, 6.45) is 1.40. The van der Waals surface area contributed by atoms with Crippen LogP contribution in [-0.2, 0) is 4.79 Å². The zero-order chi connectivity index (χ0) is 15.2. The van der Waals surface area contributed by atoms with Crippen molar-refractivity contribution in [1.29, 1.82) is 5.26 Å². The Kier molecular flexibility index (Phi) is 4.60. The van der Waals surface area contributed by atoms with E-state index in [4.69, 9.17) is 16.9 Å². The quantitative estimate of drug-likeness (QED) is 0.672. The lowest BCUT2D eigenvalue weighted by molar-refractivity contribution is -0.112. The van der Waals surface area contributed by atoms with Gasteiger partial charge in [0.2, 0.25) is 0 Å². The van der Waals surface area contributed by atoms with E-state index in [2.05, 4.69) is 5.32 Å². The van der Waals surface area contributed by atoms with Gasteiger partial charge in [-0.05, 0) is 42.0 Å². The van der Waals surface area contributed by atoms with Gasteiger partial charge in [-0.2, -0.15) is 5.26 Å². The van der Waals surface area contributed by atoms with Crippen molar-refractivity contribution in [3.8, 4) is 11.8 Å². The molecule has 0 radical (unpaired) electrons. The van der Waals surface area contributed by atoms with Crippen molar-refractivity contribution in [2.45, 2.75) is 0 Å². The van der Waals surface area contributed by atoms with E-state index >= 15 is 0 Å². The van der Waals surface area contributed by atoms with Gasteiger partial charge in [-0.15, -0.1) is 0 Å². The maximum atomic E-state index is 12.0. The highest BCUT2D eigenvalue weighted by atomic mass is 35.5. The van der Waals surface area contributed by atoms with Crippen molar-refractivity contribution in [2.75, 3.05) is 5.32 Å². The second-order valence-electron chi connectivity index (χ2n) is 4.23. The Morgan fingerprint density at radius 3 is 2.67 bits per heavy atom. The van der Waals surface area contributed by atoms with Gasteiger partial charge in [0.25, 0.3) is 5.91 Å². The van der Waals surface area contributed by atoms with Crippen molar-refractivity contribution >= 4 is 29.3 Å². The zero-order valence-corrected chi connectivity index (χ0v) is 11.6. The van der Waals surface area contributed by atoms with Crippen LogP contribution in [0.4, 0.5) is 5.69 Å². The Balaban J connectivity index is 2.21. The lowest BCUT2D eigenvalue weighted by Gasteiger charge is -2.04. The molecule has 5 heteroatoms. The van der Waals surface area contributed by atoms with Crippen LogP contribution in [0.2, 0.25) is 5.02 Å². The average Bonchev–Trinajstić information content (AvgIpc) is 2.44. The van der Waals surface area contributed by atoms with Crippen molar-refractivity contribution in [3.63, 3.8) is 0 Å². The number of benzene rings is 2. The van der Waals surface area contributed by atoms with Crippen molar-refractivity contribution in [3.05, 3.63) is 64.7 Å². The summed E-state index contributed by atoms with van der Waals surface area (Å²) < 4.78 is 0. The van der Waals surface area contributed by atoms with Crippen LogP contribution < -0.4 is 5.32 Å². The fourth-order valence-electron chi connectivity index (χ4n) is 1.69. The molecular weight excluding hydrogens is 288 g/mol. The maximum Gasteiger partial charge on any atom is 0.266 e. The van der Waals surface area contributed by atoms with Crippen LogP contribution in [0.5, 0.6) is 5.75 Å². The first-order chi connectivity index (χ1) is 10.1. The predicted molar refractivity (Wildman–Crippen MR) is 81.8 cm³/mol. The molecule has 0 unspecified atom stereocenters. The van der Waals surface area contributed by atoms with E-state index in [1.807, 2.05) is 6.07 Å². The Bertz CT molecular complexity index is 748. The molecule has 4 nitrogen and oxygen atoms in total. The highest BCUT2D eigenvalue weighted by Gasteiger charge is 2.09. The summed E-state index contributed by atoms with van der Waals surface area (Å²) in [4.78, 5) is 12.0. The first-order valence-corrected chi connectivity index (χ1v) is 6.44. The molecule has 0 saturated heterocycles. The molecule has 2 N–H and O–H groups in total. The number of nitrogens with zero attached hydrogens (tertiary/aromatic N) is 1. The third kappa shape index (κ3) is 4.10. The summed E-state index contributed by atoms with van der Waals surface area (Å²) >= 11 is 5.83. The van der Waals surface area contributed by atoms with Crippen LogP contribution in [0.3, 0.4) is 0 Å². The van der Waals surface area contributed by atoms with Gasteiger partial charge >= 0.3 is 0 Å². The predicted octanol–water partition coefficient (Wildman–Crippen LogP) is 3.59. The van der Waals surface area contributed by atoms with Gasteiger partial charge in [0, 0.05) is 10.7 Å². The van der Waals surface area contributed by atoms with Gasteiger partial charge in [0.15, 0.2) is 0 Å². The van der Waals surface area contributed by atoms with E-state index in [1.165, 1.54) is 18.2 Å². The van der Waals surface area contributed by atoms with Crippen LogP contribution in [0.15, 0.2) is 54.1 Å². The maximum absolute atomic E-state index is 12.0. The van der Waals surface area contributed by atoms with E-state index in [0.29, 0.717) is 16.3 Å². The molecule has 0 saturated carbocycles. The van der Waals surface area contributed by atoms with Gasteiger partial charge in [0.1, 0.15) is 17.4 Å². The highest BCUT2D eigenvalue weighted by Crippen LogP contribution is 2.17. The molecule has 0 aliphatic rings. The van der Waals surface area contributed by atoms with E-state index in [-0.39, 0.29) is 11.3 Å². The number of carbonyl (C=O) groups is 1. The summed E-state index contributed by atoms with van der Waals surface area (Å²) in [5.74, 6) is -0.473. The SMILES string of the molecule is N#C/C(=C/c1cccc(O)c1)C(=O)Nc1cccc(Cl)c1. The number of nitriles is 1. The number of phenolic OH excluding ortho intramolecular Hbond substituents is 1. The molecule has 2 rings (SSSR count). The average molecular weight is 299 g/mol. The van der Waals surface area contributed by atoms with Gasteiger partial charge in [-0.3, -0.25) is 4.79 Å². The number of phenols is 1. The van der Waals surface area contributed by atoms with Crippen molar-refractivity contribution in [1.82, 2.24) is 0 Å². The Hall–Kier alpha value is -2.77. The molecule has 0 aromatic heterocycles. The second kappa shape index (κ2) is 6.60. The number of anilines is 1. The molecule has 0 spiro atoms. The molecule has 1 amide bonds. The van der Waals surface area contributed by atoms with E-state index in [0.717, 1.165) is 0 Å². The number of halogens is 1. The number of amides is 1. The smallest absolute Gasteiger partial charge is 0.266 e. The van der Waals surface area contributed by atoms with Crippen LogP contribution in [0, 0.1) is 11.3 Å². The molecule has 2 aromatic rings. The molecule has 0 aliphatic heterocycles. The summed E-state index contributed by atoms with van der Waals surface area (Å²) in [5, 5.41) is 21.5.